The molecule has 1 aromatic rings. The second-order valence-electron chi connectivity index (χ2n) is 3.58. The highest BCUT2D eigenvalue weighted by Gasteiger charge is 2.27. The van der Waals surface area contributed by atoms with Crippen molar-refractivity contribution in [1.82, 2.24) is 4.72 Å². The number of nitrogens with one attached hydrogen (secondary N) is 1. The average molecular weight is 344 g/mol. The van der Waals surface area contributed by atoms with Gasteiger partial charge in [0.05, 0.1) is 4.90 Å². The Hall–Kier alpha value is -0.840. The molecule has 0 aliphatic heterocycles. The minimum atomic E-state index is -4.37. The van der Waals surface area contributed by atoms with Crippen molar-refractivity contribution in [2.24, 2.45) is 5.73 Å². The van der Waals surface area contributed by atoms with Crippen LogP contribution in [0.25, 0.3) is 0 Å². The highest BCUT2D eigenvalue weighted by atomic mass is 32.2. The summed E-state index contributed by atoms with van der Waals surface area (Å²) in [7, 11) is -3.84. The third-order valence-corrected chi connectivity index (χ3v) is 4.56. The fraction of sp³-hybridized carbons (Fsp3) is 0.300. The highest BCUT2D eigenvalue weighted by Crippen LogP contribution is 2.29. The van der Waals surface area contributed by atoms with Gasteiger partial charge in [0.15, 0.2) is 0 Å². The van der Waals surface area contributed by atoms with E-state index in [0.717, 1.165) is 0 Å². The van der Waals surface area contributed by atoms with Gasteiger partial charge in [-0.05, 0) is 23.9 Å². The number of halogens is 3. The zero-order chi connectivity index (χ0) is 15.4. The van der Waals surface area contributed by atoms with Crippen LogP contribution in [0, 0.1) is 0 Å². The topological polar surface area (TPSA) is 72.2 Å². The van der Waals surface area contributed by atoms with Crippen molar-refractivity contribution in [1.29, 1.82) is 0 Å². The maximum Gasteiger partial charge on any atom is 0.441 e. The van der Waals surface area contributed by atoms with Gasteiger partial charge in [-0.3, -0.25) is 0 Å². The molecule has 3 N–H and O–H groups in total. The number of benzene rings is 1. The predicted octanol–water partition coefficient (Wildman–Crippen LogP) is 1.85. The van der Waals surface area contributed by atoms with E-state index in [1.807, 2.05) is 0 Å². The van der Waals surface area contributed by atoms with Crippen LogP contribution in [0.2, 0.25) is 0 Å². The van der Waals surface area contributed by atoms with Gasteiger partial charge in [-0.15, -0.1) is 0 Å². The summed E-state index contributed by atoms with van der Waals surface area (Å²) in [4.78, 5) is 0.0676. The number of nitrogens with two attached hydrogens (primary N) is 1. The van der Waals surface area contributed by atoms with Crippen molar-refractivity contribution in [3.05, 3.63) is 29.8 Å². The largest absolute Gasteiger partial charge is 0.441 e. The van der Waals surface area contributed by atoms with Crippen molar-refractivity contribution in [2.75, 3.05) is 12.3 Å². The molecule has 0 unspecified atom stereocenters. The van der Waals surface area contributed by atoms with Crippen molar-refractivity contribution >= 4 is 39.0 Å². The van der Waals surface area contributed by atoms with Crippen molar-refractivity contribution < 1.29 is 21.6 Å². The van der Waals surface area contributed by atoms with Gasteiger partial charge in [0.2, 0.25) is 10.0 Å². The Labute approximate surface area is 124 Å². The Bertz CT molecular complexity index is 570. The van der Waals surface area contributed by atoms with Gasteiger partial charge >= 0.3 is 5.51 Å². The summed E-state index contributed by atoms with van der Waals surface area (Å²) in [5, 5.41) is 0. The number of thiocarbonyl (C=S) groups is 1. The molecule has 0 heterocycles. The zero-order valence-corrected chi connectivity index (χ0v) is 12.4. The molecule has 112 valence electrons. The lowest BCUT2D eigenvalue weighted by atomic mass is 10.2. The molecule has 0 aliphatic rings. The second kappa shape index (κ2) is 6.74. The molecular weight excluding hydrogens is 333 g/mol. The Morgan fingerprint density at radius 3 is 2.30 bits per heavy atom. The van der Waals surface area contributed by atoms with Gasteiger partial charge in [0.25, 0.3) is 0 Å². The van der Waals surface area contributed by atoms with Crippen LogP contribution in [0.3, 0.4) is 0 Å². The van der Waals surface area contributed by atoms with Gasteiger partial charge < -0.3 is 5.73 Å². The molecule has 0 aliphatic carbocycles. The first-order valence-electron chi connectivity index (χ1n) is 5.22. The molecule has 4 nitrogen and oxygen atoms in total. The van der Waals surface area contributed by atoms with Crippen LogP contribution in [0.5, 0.6) is 0 Å². The molecule has 0 saturated carbocycles. The average Bonchev–Trinajstić information content (AvgIpc) is 2.34. The standard InChI is InChI=1S/C10H11F3N2O2S3/c11-10(12,13)19-6-5-15-20(16,17)8-3-1-7(2-4-8)9(14)18/h1-4,15H,5-6H2,(H2,14,18). The third kappa shape index (κ3) is 5.65. The van der Waals surface area contributed by atoms with Gasteiger partial charge in [-0.2, -0.15) is 13.2 Å². The lowest BCUT2D eigenvalue weighted by molar-refractivity contribution is -0.0327. The summed E-state index contributed by atoms with van der Waals surface area (Å²) in [6.07, 6.45) is 0. The van der Waals surface area contributed by atoms with Crippen molar-refractivity contribution in [2.45, 2.75) is 10.4 Å². The van der Waals surface area contributed by atoms with Crippen LogP contribution in [0.1, 0.15) is 5.56 Å². The van der Waals surface area contributed by atoms with Crippen molar-refractivity contribution in [3.63, 3.8) is 0 Å². The lowest BCUT2D eigenvalue weighted by Crippen LogP contribution is -2.26. The summed E-state index contributed by atoms with van der Waals surface area (Å²) in [6.45, 7) is -0.316. The molecule has 0 fully saturated rings. The third-order valence-electron chi connectivity index (χ3n) is 2.11. The fourth-order valence-corrected chi connectivity index (χ4v) is 2.96. The normalized spacial score (nSPS) is 12.3. The summed E-state index contributed by atoms with van der Waals surface area (Å²) in [5.74, 6) is -0.395. The maximum atomic E-state index is 11.9. The minimum absolute atomic E-state index is 0.0606. The van der Waals surface area contributed by atoms with Crippen LogP contribution < -0.4 is 10.5 Å². The number of hydrogen-bond donors (Lipinski definition) is 2. The van der Waals surface area contributed by atoms with E-state index in [1.54, 1.807) is 0 Å². The molecule has 20 heavy (non-hydrogen) atoms. The Morgan fingerprint density at radius 1 is 1.30 bits per heavy atom. The van der Waals surface area contributed by atoms with E-state index < -0.39 is 21.3 Å². The monoisotopic (exact) mass is 344 g/mol. The number of hydrogen-bond acceptors (Lipinski definition) is 4. The molecular formula is C10H11F3N2O2S3. The summed E-state index contributed by atoms with van der Waals surface area (Å²) >= 11 is 4.44. The van der Waals surface area contributed by atoms with Gasteiger partial charge in [-0.1, -0.05) is 24.4 Å². The Morgan fingerprint density at radius 2 is 1.85 bits per heavy atom. The van der Waals surface area contributed by atoms with E-state index in [2.05, 4.69) is 4.72 Å². The van der Waals surface area contributed by atoms with Gasteiger partial charge in [0.1, 0.15) is 4.99 Å². The van der Waals surface area contributed by atoms with E-state index in [0.29, 0.717) is 5.56 Å². The van der Waals surface area contributed by atoms with Crippen LogP contribution in [0.4, 0.5) is 13.2 Å². The molecule has 0 spiro atoms. The molecule has 0 atom stereocenters. The molecule has 0 saturated heterocycles. The first-order chi connectivity index (χ1) is 9.12. The molecule has 0 amide bonds. The molecule has 1 aromatic carbocycles. The Kier molecular flexibility index (Phi) is 5.80. The molecule has 0 radical (unpaired) electrons. The Balaban J connectivity index is 2.62. The smallest absolute Gasteiger partial charge is 0.389 e. The van der Waals surface area contributed by atoms with Gasteiger partial charge in [-0.25, -0.2) is 13.1 Å². The van der Waals surface area contributed by atoms with E-state index in [1.165, 1.54) is 24.3 Å². The SMILES string of the molecule is NC(=S)c1ccc(S(=O)(=O)NCCSC(F)(F)F)cc1. The van der Waals surface area contributed by atoms with Crippen LogP contribution in [-0.4, -0.2) is 31.2 Å². The first kappa shape index (κ1) is 17.2. The molecule has 0 aromatic heterocycles. The van der Waals surface area contributed by atoms with E-state index >= 15 is 0 Å². The number of sulfonamides is 1. The molecule has 10 heteroatoms. The predicted molar refractivity (Wildman–Crippen MR) is 76.0 cm³/mol. The van der Waals surface area contributed by atoms with E-state index in [9.17, 15) is 21.6 Å². The summed E-state index contributed by atoms with van der Waals surface area (Å²) in [6, 6.07) is 5.43. The minimum Gasteiger partial charge on any atom is -0.389 e. The summed E-state index contributed by atoms with van der Waals surface area (Å²) < 4.78 is 61.3. The number of alkyl halides is 3. The molecule has 1 rings (SSSR count). The molecule has 0 bridgehead atoms. The summed E-state index contributed by atoms with van der Waals surface area (Å²) in [5.41, 5.74) is 1.50. The number of rotatable bonds is 6. The highest BCUT2D eigenvalue weighted by molar-refractivity contribution is 8.00. The second-order valence-corrected chi connectivity index (χ2v) is 6.95. The fourth-order valence-electron chi connectivity index (χ4n) is 1.22. The van der Waals surface area contributed by atoms with Crippen LogP contribution >= 0.6 is 24.0 Å². The lowest BCUT2D eigenvalue weighted by Gasteiger charge is -2.08. The van der Waals surface area contributed by atoms with Crippen LogP contribution in [0.15, 0.2) is 29.2 Å². The van der Waals surface area contributed by atoms with E-state index in [-0.39, 0.29) is 28.2 Å². The van der Waals surface area contributed by atoms with Crippen LogP contribution in [-0.2, 0) is 10.0 Å². The quantitative estimate of drug-likeness (QED) is 0.609. The first-order valence-corrected chi connectivity index (χ1v) is 8.10. The number of thioether (sulfide) groups is 1. The maximum absolute atomic E-state index is 11.9. The zero-order valence-electron chi connectivity index (χ0n) is 9.98. The van der Waals surface area contributed by atoms with Gasteiger partial charge in [0, 0.05) is 17.9 Å². The van der Waals surface area contributed by atoms with E-state index in [4.69, 9.17) is 18.0 Å². The van der Waals surface area contributed by atoms with Crippen molar-refractivity contribution in [3.8, 4) is 0 Å².